The van der Waals surface area contributed by atoms with E-state index in [0.717, 1.165) is 26.1 Å². The summed E-state index contributed by atoms with van der Waals surface area (Å²) in [6, 6.07) is 0. The highest BCUT2D eigenvalue weighted by Gasteiger charge is 2.24. The molecule has 1 atom stereocenters. The molecule has 0 aromatic carbocycles. The minimum atomic E-state index is 0.210. The second-order valence-corrected chi connectivity index (χ2v) is 3.76. The van der Waals surface area contributed by atoms with Gasteiger partial charge in [0.2, 0.25) is 5.91 Å². The Morgan fingerprint density at radius 2 is 2.50 bits per heavy atom. The second-order valence-electron chi connectivity index (χ2n) is 3.76. The fraction of sp³-hybridized carbons (Fsp3) is 0.727. The lowest BCUT2D eigenvalue weighted by atomic mass is 10.1. The first-order valence-corrected chi connectivity index (χ1v) is 5.13. The Hall–Kier alpha value is -1.01. The number of rotatable bonds is 4. The molecule has 0 radical (unpaired) electrons. The Morgan fingerprint density at radius 1 is 1.71 bits per heavy atom. The van der Waals surface area contributed by atoms with Gasteiger partial charge in [-0.3, -0.25) is 4.79 Å². The van der Waals surface area contributed by atoms with Gasteiger partial charge in [-0.2, -0.15) is 0 Å². The summed E-state index contributed by atoms with van der Waals surface area (Å²) in [7, 11) is 1.95. The molecule has 0 aliphatic carbocycles. The zero-order valence-electron chi connectivity index (χ0n) is 8.75. The Morgan fingerprint density at radius 3 is 3.14 bits per heavy atom. The van der Waals surface area contributed by atoms with Gasteiger partial charge in [0.1, 0.15) is 0 Å². The predicted molar refractivity (Wildman–Crippen MR) is 56.7 cm³/mol. The molecule has 0 saturated carbocycles. The van der Waals surface area contributed by atoms with E-state index in [9.17, 15) is 4.79 Å². The van der Waals surface area contributed by atoms with E-state index in [1.165, 1.54) is 0 Å². The van der Waals surface area contributed by atoms with E-state index in [2.05, 4.69) is 11.2 Å². The monoisotopic (exact) mass is 194 g/mol. The maximum atomic E-state index is 11.6. The number of terminal acetylenes is 1. The first-order valence-electron chi connectivity index (χ1n) is 5.13. The molecular weight excluding hydrogens is 176 g/mol. The quantitative estimate of drug-likeness (QED) is 0.660. The van der Waals surface area contributed by atoms with E-state index < -0.39 is 0 Å². The topological polar surface area (TPSA) is 32.3 Å². The molecule has 0 aromatic rings. The molecule has 78 valence electrons. The number of likely N-dealkylation sites (tertiary alicyclic amines) is 1. The smallest absolute Gasteiger partial charge is 0.223 e. The summed E-state index contributed by atoms with van der Waals surface area (Å²) < 4.78 is 0. The van der Waals surface area contributed by atoms with Crippen molar-refractivity contribution >= 4 is 5.91 Å². The van der Waals surface area contributed by atoms with Crippen molar-refractivity contribution in [2.45, 2.75) is 19.3 Å². The van der Waals surface area contributed by atoms with Gasteiger partial charge < -0.3 is 10.2 Å². The number of hydrogen-bond donors (Lipinski definition) is 1. The van der Waals surface area contributed by atoms with Crippen molar-refractivity contribution in [2.75, 3.05) is 26.7 Å². The fourth-order valence-electron chi connectivity index (χ4n) is 1.85. The van der Waals surface area contributed by atoms with Crippen LogP contribution in [-0.2, 0) is 4.79 Å². The van der Waals surface area contributed by atoms with Gasteiger partial charge in [0.25, 0.3) is 0 Å². The van der Waals surface area contributed by atoms with Gasteiger partial charge in [-0.05, 0) is 25.9 Å². The predicted octanol–water partition coefficient (Wildman–Crippen LogP) is 0.468. The van der Waals surface area contributed by atoms with Gasteiger partial charge in [0, 0.05) is 25.9 Å². The molecule has 1 amide bonds. The molecule has 0 bridgehead atoms. The lowest BCUT2D eigenvalue weighted by molar-refractivity contribution is -0.130. The number of carbonyl (C=O) groups is 1. The van der Waals surface area contributed by atoms with E-state index in [1.54, 1.807) is 0 Å². The van der Waals surface area contributed by atoms with Gasteiger partial charge in [0.15, 0.2) is 0 Å². The average Bonchev–Trinajstić information content (AvgIpc) is 2.63. The summed E-state index contributed by atoms with van der Waals surface area (Å²) in [6.07, 6.45) is 7.30. The highest BCUT2D eigenvalue weighted by Crippen LogP contribution is 2.16. The van der Waals surface area contributed by atoms with Crippen LogP contribution in [0.15, 0.2) is 0 Å². The van der Waals surface area contributed by atoms with Crippen LogP contribution >= 0.6 is 0 Å². The molecular formula is C11H18N2O. The van der Waals surface area contributed by atoms with Gasteiger partial charge in [-0.15, -0.1) is 12.3 Å². The summed E-state index contributed by atoms with van der Waals surface area (Å²) in [4.78, 5) is 13.5. The van der Waals surface area contributed by atoms with Crippen LogP contribution in [0.1, 0.15) is 19.3 Å². The van der Waals surface area contributed by atoms with Gasteiger partial charge >= 0.3 is 0 Å². The molecule has 1 unspecified atom stereocenters. The van der Waals surface area contributed by atoms with Crippen LogP contribution in [0.25, 0.3) is 0 Å². The summed E-state index contributed by atoms with van der Waals surface area (Å²) in [5.74, 6) is 3.33. The molecule has 3 heteroatoms. The summed E-state index contributed by atoms with van der Waals surface area (Å²) in [6.45, 7) is 2.79. The molecule has 1 saturated heterocycles. The average molecular weight is 194 g/mol. The minimum absolute atomic E-state index is 0.210. The van der Waals surface area contributed by atoms with Gasteiger partial charge in [0.05, 0.1) is 0 Å². The normalized spacial score (nSPS) is 20.9. The highest BCUT2D eigenvalue weighted by atomic mass is 16.2. The van der Waals surface area contributed by atoms with Crippen LogP contribution in [0, 0.1) is 18.3 Å². The summed E-state index contributed by atoms with van der Waals surface area (Å²) in [5, 5.41) is 3.14. The molecule has 0 spiro atoms. The lowest BCUT2D eigenvalue weighted by Gasteiger charge is -2.15. The van der Waals surface area contributed by atoms with Crippen molar-refractivity contribution < 1.29 is 4.79 Å². The first kappa shape index (κ1) is 11.1. The first-order chi connectivity index (χ1) is 6.77. The van der Waals surface area contributed by atoms with Crippen LogP contribution in [0.2, 0.25) is 0 Å². The van der Waals surface area contributed by atoms with Crippen molar-refractivity contribution in [3.63, 3.8) is 0 Å². The molecule has 1 aliphatic heterocycles. The number of amides is 1. The standard InChI is InChI=1S/C11H18N2O/c1-3-4-5-11(14)13-7-6-10(9-13)8-12-2/h1,10,12H,4-9H2,2H3. The SMILES string of the molecule is C#CCCC(=O)N1CCC(CNC)C1. The Kier molecular flexibility index (Phi) is 4.48. The minimum Gasteiger partial charge on any atom is -0.342 e. The molecule has 14 heavy (non-hydrogen) atoms. The zero-order valence-corrected chi connectivity index (χ0v) is 8.75. The molecule has 1 aliphatic rings. The highest BCUT2D eigenvalue weighted by molar-refractivity contribution is 5.76. The Labute approximate surface area is 85.9 Å². The number of nitrogens with one attached hydrogen (secondary N) is 1. The number of hydrogen-bond acceptors (Lipinski definition) is 2. The largest absolute Gasteiger partial charge is 0.342 e. The Balaban J connectivity index is 2.27. The van der Waals surface area contributed by atoms with E-state index in [0.29, 0.717) is 18.8 Å². The number of nitrogens with zero attached hydrogens (tertiary/aromatic N) is 1. The van der Waals surface area contributed by atoms with Crippen molar-refractivity contribution in [1.29, 1.82) is 0 Å². The maximum absolute atomic E-state index is 11.6. The summed E-state index contributed by atoms with van der Waals surface area (Å²) >= 11 is 0. The van der Waals surface area contributed by atoms with Crippen molar-refractivity contribution in [3.8, 4) is 12.3 Å². The van der Waals surface area contributed by atoms with Crippen LogP contribution in [0.3, 0.4) is 0 Å². The summed E-state index contributed by atoms with van der Waals surface area (Å²) in [5.41, 5.74) is 0. The third-order valence-electron chi connectivity index (χ3n) is 2.61. The van der Waals surface area contributed by atoms with Gasteiger partial charge in [-0.25, -0.2) is 0 Å². The molecule has 3 nitrogen and oxygen atoms in total. The second kappa shape index (κ2) is 5.66. The Bertz CT molecular complexity index is 232. The zero-order chi connectivity index (χ0) is 10.4. The van der Waals surface area contributed by atoms with Crippen molar-refractivity contribution in [1.82, 2.24) is 10.2 Å². The molecule has 1 N–H and O–H groups in total. The maximum Gasteiger partial charge on any atom is 0.223 e. The number of carbonyl (C=O) groups excluding carboxylic acids is 1. The third-order valence-corrected chi connectivity index (χ3v) is 2.61. The molecule has 1 heterocycles. The lowest BCUT2D eigenvalue weighted by Crippen LogP contribution is -2.30. The van der Waals surface area contributed by atoms with Crippen molar-refractivity contribution in [3.05, 3.63) is 0 Å². The van der Waals surface area contributed by atoms with Crippen LogP contribution < -0.4 is 5.32 Å². The molecule has 1 rings (SSSR count). The third kappa shape index (κ3) is 3.04. The van der Waals surface area contributed by atoms with Crippen LogP contribution in [0.5, 0.6) is 0 Å². The van der Waals surface area contributed by atoms with E-state index in [4.69, 9.17) is 6.42 Å². The molecule has 0 aromatic heterocycles. The van der Waals surface area contributed by atoms with E-state index in [1.807, 2.05) is 11.9 Å². The van der Waals surface area contributed by atoms with Crippen LogP contribution in [-0.4, -0.2) is 37.5 Å². The van der Waals surface area contributed by atoms with Crippen LogP contribution in [0.4, 0.5) is 0 Å². The van der Waals surface area contributed by atoms with E-state index in [-0.39, 0.29) is 5.91 Å². The fourth-order valence-corrected chi connectivity index (χ4v) is 1.85. The molecule has 1 fully saturated rings. The van der Waals surface area contributed by atoms with Crippen molar-refractivity contribution in [2.24, 2.45) is 5.92 Å². The van der Waals surface area contributed by atoms with E-state index >= 15 is 0 Å². The van der Waals surface area contributed by atoms with Gasteiger partial charge in [-0.1, -0.05) is 0 Å².